The highest BCUT2D eigenvalue weighted by Crippen LogP contribution is 2.32. The number of thioether (sulfide) groups is 1. The van der Waals surface area contributed by atoms with Crippen LogP contribution < -0.4 is 5.32 Å². The van der Waals surface area contributed by atoms with Gasteiger partial charge in [-0.15, -0.1) is 11.3 Å². The van der Waals surface area contributed by atoms with Crippen LogP contribution in [0.25, 0.3) is 0 Å². The zero-order valence-electron chi connectivity index (χ0n) is 11.5. The lowest BCUT2D eigenvalue weighted by Gasteiger charge is -2.15. The summed E-state index contributed by atoms with van der Waals surface area (Å²) >= 11 is 3.99. The summed E-state index contributed by atoms with van der Waals surface area (Å²) < 4.78 is 0. The average molecular weight is 284 g/mol. The minimum Gasteiger partial charge on any atom is -0.308 e. The Bertz CT molecular complexity index is 341. The van der Waals surface area contributed by atoms with Gasteiger partial charge in [0.15, 0.2) is 0 Å². The molecule has 4 heteroatoms. The predicted octanol–water partition coefficient (Wildman–Crippen LogP) is 3.82. The van der Waals surface area contributed by atoms with Gasteiger partial charge in [-0.3, -0.25) is 0 Å². The summed E-state index contributed by atoms with van der Waals surface area (Å²) in [5.41, 5.74) is 1.39. The van der Waals surface area contributed by atoms with Crippen molar-refractivity contribution in [2.45, 2.75) is 52.0 Å². The van der Waals surface area contributed by atoms with Crippen molar-refractivity contribution in [2.75, 3.05) is 18.1 Å². The van der Waals surface area contributed by atoms with Gasteiger partial charge in [0.1, 0.15) is 5.01 Å². The van der Waals surface area contributed by atoms with Gasteiger partial charge in [0.05, 0.1) is 11.7 Å². The predicted molar refractivity (Wildman–Crippen MR) is 82.8 cm³/mol. The molecule has 1 aromatic rings. The molecule has 0 fully saturated rings. The molecule has 1 atom stereocenters. The summed E-state index contributed by atoms with van der Waals surface area (Å²) in [5.74, 6) is 2.46. The Balaban J connectivity index is 1.97. The van der Waals surface area contributed by atoms with Gasteiger partial charge in [0, 0.05) is 4.88 Å². The number of aromatic nitrogens is 1. The lowest BCUT2D eigenvalue weighted by molar-refractivity contribution is 0.518. The van der Waals surface area contributed by atoms with E-state index in [4.69, 9.17) is 4.98 Å². The first kappa shape index (κ1) is 14.4. The van der Waals surface area contributed by atoms with Gasteiger partial charge < -0.3 is 5.32 Å². The molecule has 2 nitrogen and oxygen atoms in total. The fourth-order valence-corrected chi connectivity index (χ4v) is 4.29. The van der Waals surface area contributed by atoms with Crippen LogP contribution in [0.4, 0.5) is 0 Å². The van der Waals surface area contributed by atoms with Crippen molar-refractivity contribution in [1.29, 1.82) is 0 Å². The summed E-state index contributed by atoms with van der Waals surface area (Å²) in [4.78, 5) is 6.42. The second kappa shape index (κ2) is 7.51. The third-order valence-corrected chi connectivity index (χ3v) is 5.51. The van der Waals surface area contributed by atoms with Gasteiger partial charge in [-0.05, 0) is 50.2 Å². The van der Waals surface area contributed by atoms with Crippen LogP contribution in [-0.2, 0) is 12.8 Å². The molecule has 1 aliphatic carbocycles. The molecule has 1 aliphatic rings. The zero-order valence-corrected chi connectivity index (χ0v) is 13.1. The monoisotopic (exact) mass is 284 g/mol. The fourth-order valence-electron chi connectivity index (χ4n) is 2.34. The average Bonchev–Trinajstić information content (AvgIpc) is 2.94. The van der Waals surface area contributed by atoms with Crippen molar-refractivity contribution in [1.82, 2.24) is 10.3 Å². The third kappa shape index (κ3) is 3.72. The van der Waals surface area contributed by atoms with Crippen molar-refractivity contribution in [3.8, 4) is 0 Å². The number of hydrogen-bond donors (Lipinski definition) is 1. The number of fused-ring (bicyclic) bond motifs is 1. The van der Waals surface area contributed by atoms with E-state index in [-0.39, 0.29) is 0 Å². The summed E-state index contributed by atoms with van der Waals surface area (Å²) in [6, 6.07) is 0.486. The van der Waals surface area contributed by atoms with Gasteiger partial charge in [0.2, 0.25) is 0 Å². The number of thiazole rings is 1. The van der Waals surface area contributed by atoms with Gasteiger partial charge in [0.25, 0.3) is 0 Å². The van der Waals surface area contributed by atoms with Crippen LogP contribution in [0.3, 0.4) is 0 Å². The smallest absolute Gasteiger partial charge is 0.110 e. The maximum absolute atomic E-state index is 4.87. The van der Waals surface area contributed by atoms with E-state index in [0.717, 1.165) is 6.54 Å². The van der Waals surface area contributed by atoms with Crippen LogP contribution in [0.2, 0.25) is 0 Å². The van der Waals surface area contributed by atoms with Crippen LogP contribution in [0, 0.1) is 0 Å². The van der Waals surface area contributed by atoms with E-state index in [1.165, 1.54) is 54.3 Å². The molecule has 0 aliphatic heterocycles. The Labute approximate surface area is 119 Å². The molecule has 1 heterocycles. The molecule has 0 bridgehead atoms. The van der Waals surface area contributed by atoms with Crippen molar-refractivity contribution >= 4 is 23.1 Å². The molecule has 1 aromatic heterocycles. The van der Waals surface area contributed by atoms with Crippen LogP contribution in [0.15, 0.2) is 0 Å². The molecule has 0 spiro atoms. The topological polar surface area (TPSA) is 24.9 Å². The molecular formula is C14H24N2S2. The fraction of sp³-hybridized carbons (Fsp3) is 0.786. The molecule has 2 rings (SSSR count). The molecule has 18 heavy (non-hydrogen) atoms. The van der Waals surface area contributed by atoms with E-state index < -0.39 is 0 Å². The van der Waals surface area contributed by atoms with Crippen molar-refractivity contribution < 1.29 is 0 Å². The highest BCUT2D eigenvalue weighted by atomic mass is 32.2. The molecular weight excluding hydrogens is 260 g/mol. The molecule has 0 saturated heterocycles. The van der Waals surface area contributed by atoms with Gasteiger partial charge in [-0.2, -0.15) is 11.8 Å². The Hall–Kier alpha value is -0.0600. The highest BCUT2D eigenvalue weighted by Gasteiger charge is 2.21. The first-order valence-corrected chi connectivity index (χ1v) is 9.11. The maximum Gasteiger partial charge on any atom is 0.110 e. The van der Waals surface area contributed by atoms with Crippen molar-refractivity contribution in [3.63, 3.8) is 0 Å². The van der Waals surface area contributed by atoms with Crippen molar-refractivity contribution in [2.24, 2.45) is 0 Å². The van der Waals surface area contributed by atoms with Gasteiger partial charge in [-0.25, -0.2) is 4.98 Å². The second-order valence-electron chi connectivity index (χ2n) is 4.77. The molecule has 0 saturated carbocycles. The van der Waals surface area contributed by atoms with Crippen LogP contribution in [0.1, 0.15) is 54.7 Å². The van der Waals surface area contributed by atoms with E-state index in [2.05, 4.69) is 19.2 Å². The van der Waals surface area contributed by atoms with E-state index in [0.29, 0.717) is 6.04 Å². The lowest BCUT2D eigenvalue weighted by Crippen LogP contribution is -2.22. The van der Waals surface area contributed by atoms with Crippen LogP contribution in [0.5, 0.6) is 0 Å². The van der Waals surface area contributed by atoms with E-state index >= 15 is 0 Å². The minimum atomic E-state index is 0.486. The number of hydrogen-bond acceptors (Lipinski definition) is 4. The summed E-state index contributed by atoms with van der Waals surface area (Å²) in [6.07, 6.45) is 6.19. The number of aryl methyl sites for hydroxylation is 2. The summed E-state index contributed by atoms with van der Waals surface area (Å²) in [5, 5.41) is 5.01. The molecule has 1 unspecified atom stereocenters. The molecule has 0 aromatic carbocycles. The van der Waals surface area contributed by atoms with E-state index in [9.17, 15) is 0 Å². The maximum atomic E-state index is 4.87. The van der Waals surface area contributed by atoms with E-state index in [1.54, 1.807) is 4.88 Å². The Morgan fingerprint density at radius 3 is 3.00 bits per heavy atom. The number of rotatable bonds is 8. The largest absolute Gasteiger partial charge is 0.308 e. The van der Waals surface area contributed by atoms with Crippen molar-refractivity contribution in [3.05, 3.63) is 15.6 Å². The first-order chi connectivity index (χ1) is 8.85. The van der Waals surface area contributed by atoms with Gasteiger partial charge in [-0.1, -0.05) is 13.8 Å². The summed E-state index contributed by atoms with van der Waals surface area (Å²) in [6.45, 7) is 5.56. The zero-order chi connectivity index (χ0) is 12.8. The molecule has 102 valence electrons. The van der Waals surface area contributed by atoms with Crippen LogP contribution >= 0.6 is 23.1 Å². The second-order valence-corrected chi connectivity index (χ2v) is 7.28. The Morgan fingerprint density at radius 1 is 1.39 bits per heavy atom. The van der Waals surface area contributed by atoms with Crippen LogP contribution in [-0.4, -0.2) is 23.0 Å². The molecule has 0 amide bonds. The Kier molecular flexibility index (Phi) is 5.99. The minimum absolute atomic E-state index is 0.486. The quantitative estimate of drug-likeness (QED) is 0.735. The normalized spacial score (nSPS) is 15.9. The molecule has 0 radical (unpaired) electrons. The highest BCUT2D eigenvalue weighted by molar-refractivity contribution is 7.99. The standard InChI is InChI=1S/C14H24N2S2/c1-3-9-15-12(8-10-17-4-2)14-16-11-6-5-7-13(11)18-14/h12,15H,3-10H2,1-2H3. The molecule has 1 N–H and O–H groups in total. The third-order valence-electron chi connectivity index (χ3n) is 3.31. The SMILES string of the molecule is CCCNC(CCSCC)c1nc2c(s1)CCC2. The number of nitrogens with one attached hydrogen (secondary N) is 1. The first-order valence-electron chi connectivity index (χ1n) is 7.14. The Morgan fingerprint density at radius 2 is 2.28 bits per heavy atom. The van der Waals surface area contributed by atoms with Gasteiger partial charge >= 0.3 is 0 Å². The summed E-state index contributed by atoms with van der Waals surface area (Å²) in [7, 11) is 0. The van der Waals surface area contributed by atoms with E-state index in [1.807, 2.05) is 23.1 Å². The lowest BCUT2D eigenvalue weighted by atomic mass is 10.2. The number of nitrogens with zero attached hydrogens (tertiary/aromatic N) is 1.